The fraction of sp³-hybridized carbons (Fsp3) is 0.545. The van der Waals surface area contributed by atoms with E-state index in [2.05, 4.69) is 9.97 Å². The number of amides is 1. The molecule has 0 bridgehead atoms. The molecule has 6 nitrogen and oxygen atoms in total. The number of nitrogens with zero attached hydrogens (tertiary/aromatic N) is 2. The molecular formula is C11H15N4O2. The van der Waals surface area contributed by atoms with Crippen molar-refractivity contribution in [3.8, 4) is 0 Å². The van der Waals surface area contributed by atoms with Gasteiger partial charge in [0.05, 0.1) is 24.1 Å². The van der Waals surface area contributed by atoms with Crippen LogP contribution in [-0.4, -0.2) is 45.7 Å². The highest BCUT2D eigenvalue weighted by Crippen LogP contribution is 2.16. The number of rotatable bonds is 4. The summed E-state index contributed by atoms with van der Waals surface area (Å²) in [7, 11) is 0. The van der Waals surface area contributed by atoms with E-state index < -0.39 is 12.1 Å². The first-order valence-corrected chi connectivity index (χ1v) is 5.63. The largest absolute Gasteiger partial charge is 0.351 e. The molecule has 1 saturated heterocycles. The Balaban J connectivity index is 1.97. The molecule has 0 unspecified atom stereocenters. The molecule has 1 fully saturated rings. The molecule has 0 aromatic carbocycles. The first-order valence-electron chi connectivity index (χ1n) is 5.63. The van der Waals surface area contributed by atoms with E-state index in [4.69, 9.17) is 5.73 Å². The second-order valence-electron chi connectivity index (χ2n) is 4.18. The third-order valence-corrected chi connectivity index (χ3v) is 2.97. The fourth-order valence-corrected chi connectivity index (χ4v) is 2.08. The molecule has 1 amide bonds. The number of imidazole rings is 1. The fourth-order valence-electron chi connectivity index (χ4n) is 2.08. The smallest absolute Gasteiger partial charge is 0.240 e. The van der Waals surface area contributed by atoms with Crippen LogP contribution in [0.4, 0.5) is 0 Å². The van der Waals surface area contributed by atoms with Gasteiger partial charge in [0.15, 0.2) is 0 Å². The van der Waals surface area contributed by atoms with Crippen LogP contribution >= 0.6 is 0 Å². The number of nitrogens with one attached hydrogen (secondary N) is 1. The van der Waals surface area contributed by atoms with Gasteiger partial charge in [0, 0.05) is 19.2 Å². The number of aromatic amines is 1. The Morgan fingerprint density at radius 1 is 1.76 bits per heavy atom. The number of H-pyrrole nitrogens is 1. The quantitative estimate of drug-likeness (QED) is 0.727. The van der Waals surface area contributed by atoms with Crippen molar-refractivity contribution in [2.75, 3.05) is 6.54 Å². The van der Waals surface area contributed by atoms with E-state index >= 15 is 0 Å². The van der Waals surface area contributed by atoms with E-state index in [0.29, 0.717) is 19.4 Å². The lowest BCUT2D eigenvalue weighted by Crippen LogP contribution is -2.47. The SMILES string of the molecule is N[C@@H](Cc1c[nH]cn1)C(=O)N1CCC[C@H]1[C]=O. The number of likely N-dealkylation sites (tertiary alicyclic amines) is 1. The number of hydrogen-bond acceptors (Lipinski definition) is 4. The lowest BCUT2D eigenvalue weighted by Gasteiger charge is -2.23. The number of nitrogens with two attached hydrogens (primary N) is 1. The molecule has 1 aromatic heterocycles. The van der Waals surface area contributed by atoms with Crippen molar-refractivity contribution < 1.29 is 9.59 Å². The third kappa shape index (κ3) is 2.52. The van der Waals surface area contributed by atoms with Gasteiger partial charge in [-0.05, 0) is 12.8 Å². The standard InChI is InChI=1S/C11H15N4O2/c12-10(4-8-5-13-7-14-8)11(17)15-3-1-2-9(15)6-16/h5,7,9-10H,1-4,12H2,(H,13,14)/t9-,10-/m0/s1. The average Bonchev–Trinajstić information content (AvgIpc) is 2.97. The topological polar surface area (TPSA) is 92.1 Å². The van der Waals surface area contributed by atoms with Gasteiger partial charge in [0.2, 0.25) is 12.2 Å². The van der Waals surface area contributed by atoms with Crippen LogP contribution in [-0.2, 0) is 16.0 Å². The molecule has 0 saturated carbocycles. The normalized spacial score (nSPS) is 21.5. The van der Waals surface area contributed by atoms with Gasteiger partial charge in [0.1, 0.15) is 0 Å². The third-order valence-electron chi connectivity index (χ3n) is 2.97. The lowest BCUT2D eigenvalue weighted by molar-refractivity contribution is -0.132. The number of hydrogen-bond donors (Lipinski definition) is 2. The molecule has 6 heteroatoms. The minimum atomic E-state index is -0.646. The van der Waals surface area contributed by atoms with Crippen molar-refractivity contribution >= 4 is 12.2 Å². The maximum absolute atomic E-state index is 12.0. The average molecular weight is 235 g/mol. The van der Waals surface area contributed by atoms with Gasteiger partial charge in [-0.15, -0.1) is 0 Å². The Kier molecular flexibility index (Phi) is 3.53. The second-order valence-corrected chi connectivity index (χ2v) is 4.18. The Hall–Kier alpha value is -1.69. The zero-order valence-corrected chi connectivity index (χ0v) is 9.43. The summed E-state index contributed by atoms with van der Waals surface area (Å²) in [6.07, 6.45) is 7.04. The van der Waals surface area contributed by atoms with Gasteiger partial charge in [-0.25, -0.2) is 4.98 Å². The molecule has 1 aromatic rings. The van der Waals surface area contributed by atoms with E-state index in [-0.39, 0.29) is 5.91 Å². The molecule has 2 atom stereocenters. The minimum absolute atomic E-state index is 0.196. The van der Waals surface area contributed by atoms with Crippen LogP contribution in [0.1, 0.15) is 18.5 Å². The summed E-state index contributed by atoms with van der Waals surface area (Å²) >= 11 is 0. The zero-order chi connectivity index (χ0) is 12.3. The van der Waals surface area contributed by atoms with Crippen LogP contribution in [0.2, 0.25) is 0 Å². The molecular weight excluding hydrogens is 220 g/mol. The predicted molar refractivity (Wildman–Crippen MR) is 60.7 cm³/mol. The number of aromatic nitrogens is 2. The van der Waals surface area contributed by atoms with Gasteiger partial charge in [-0.1, -0.05) is 0 Å². The van der Waals surface area contributed by atoms with Gasteiger partial charge in [0.25, 0.3) is 0 Å². The van der Waals surface area contributed by atoms with Crippen LogP contribution in [0, 0.1) is 0 Å². The Bertz CT molecular complexity index is 390. The minimum Gasteiger partial charge on any atom is -0.351 e. The van der Waals surface area contributed by atoms with Crippen LogP contribution in [0.5, 0.6) is 0 Å². The van der Waals surface area contributed by atoms with Crippen LogP contribution < -0.4 is 5.73 Å². The molecule has 1 aliphatic heterocycles. The Morgan fingerprint density at radius 3 is 3.24 bits per heavy atom. The molecule has 17 heavy (non-hydrogen) atoms. The summed E-state index contributed by atoms with van der Waals surface area (Å²) < 4.78 is 0. The van der Waals surface area contributed by atoms with Gasteiger partial charge >= 0.3 is 0 Å². The van der Waals surface area contributed by atoms with Crippen molar-refractivity contribution in [1.82, 2.24) is 14.9 Å². The van der Waals surface area contributed by atoms with E-state index in [1.54, 1.807) is 12.5 Å². The first kappa shape index (κ1) is 11.8. The lowest BCUT2D eigenvalue weighted by atomic mass is 10.1. The molecule has 2 heterocycles. The summed E-state index contributed by atoms with van der Waals surface area (Å²) in [4.78, 5) is 31.1. The van der Waals surface area contributed by atoms with Crippen molar-refractivity contribution in [3.63, 3.8) is 0 Å². The van der Waals surface area contributed by atoms with Crippen molar-refractivity contribution in [2.45, 2.75) is 31.3 Å². The monoisotopic (exact) mass is 235 g/mol. The molecule has 1 aliphatic rings. The van der Waals surface area contributed by atoms with Crippen LogP contribution in [0.25, 0.3) is 0 Å². The van der Waals surface area contributed by atoms with Gasteiger partial charge in [-0.3, -0.25) is 9.59 Å². The van der Waals surface area contributed by atoms with E-state index in [9.17, 15) is 9.59 Å². The molecule has 91 valence electrons. The van der Waals surface area contributed by atoms with Crippen LogP contribution in [0.3, 0.4) is 0 Å². The summed E-state index contributed by atoms with van der Waals surface area (Å²) in [6, 6.07) is -1.07. The first-order chi connectivity index (χ1) is 8.22. The summed E-state index contributed by atoms with van der Waals surface area (Å²) in [5, 5.41) is 0. The van der Waals surface area contributed by atoms with Gasteiger partial charge in [-0.2, -0.15) is 0 Å². The highest BCUT2D eigenvalue weighted by Gasteiger charge is 2.32. The maximum atomic E-state index is 12.0. The van der Waals surface area contributed by atoms with Gasteiger partial charge < -0.3 is 15.6 Å². The Labute approximate surface area is 99.2 Å². The van der Waals surface area contributed by atoms with Crippen LogP contribution in [0.15, 0.2) is 12.5 Å². The summed E-state index contributed by atoms with van der Waals surface area (Å²) in [5.41, 5.74) is 6.58. The molecule has 0 spiro atoms. The van der Waals surface area contributed by atoms with E-state index in [1.165, 1.54) is 4.90 Å². The predicted octanol–water partition coefficient (Wildman–Crippen LogP) is -0.620. The number of carbonyl (C=O) groups excluding carboxylic acids is 2. The number of carbonyl (C=O) groups is 1. The van der Waals surface area contributed by atoms with E-state index in [0.717, 1.165) is 12.1 Å². The highest BCUT2D eigenvalue weighted by atomic mass is 16.2. The van der Waals surface area contributed by atoms with E-state index in [1.807, 2.05) is 6.29 Å². The summed E-state index contributed by atoms with van der Waals surface area (Å²) in [5.74, 6) is -0.196. The summed E-state index contributed by atoms with van der Waals surface area (Å²) in [6.45, 7) is 0.590. The van der Waals surface area contributed by atoms with Crippen molar-refractivity contribution in [2.24, 2.45) is 5.73 Å². The zero-order valence-electron chi connectivity index (χ0n) is 9.43. The molecule has 0 aliphatic carbocycles. The second kappa shape index (κ2) is 5.09. The molecule has 2 rings (SSSR count). The maximum Gasteiger partial charge on any atom is 0.240 e. The van der Waals surface area contributed by atoms with Crippen molar-refractivity contribution in [1.29, 1.82) is 0 Å². The molecule has 3 N–H and O–H groups in total. The highest BCUT2D eigenvalue weighted by molar-refractivity contribution is 5.85. The van der Waals surface area contributed by atoms with Crippen molar-refractivity contribution in [3.05, 3.63) is 18.2 Å². The Morgan fingerprint density at radius 2 is 2.59 bits per heavy atom. The molecule has 1 radical (unpaired) electrons.